The summed E-state index contributed by atoms with van der Waals surface area (Å²) in [6.07, 6.45) is 2.08. The Labute approximate surface area is 176 Å². The Morgan fingerprint density at radius 2 is 1.79 bits per heavy atom. The molecule has 0 spiro atoms. The highest BCUT2D eigenvalue weighted by Gasteiger charge is 2.33. The van der Waals surface area contributed by atoms with Gasteiger partial charge in [-0.05, 0) is 54.4 Å². The maximum atomic E-state index is 11.9. The molecule has 0 aliphatic carbocycles. The van der Waals surface area contributed by atoms with Crippen molar-refractivity contribution < 1.29 is 14.3 Å². The van der Waals surface area contributed by atoms with Crippen LogP contribution in [0.3, 0.4) is 0 Å². The summed E-state index contributed by atoms with van der Waals surface area (Å²) in [6.45, 7) is 17.9. The predicted molar refractivity (Wildman–Crippen MR) is 116 cm³/mol. The van der Waals surface area contributed by atoms with E-state index in [1.807, 2.05) is 6.92 Å². The van der Waals surface area contributed by atoms with Gasteiger partial charge < -0.3 is 25.0 Å². The van der Waals surface area contributed by atoms with Crippen LogP contribution in [0.5, 0.6) is 0 Å². The fraction of sp³-hybridized carbons (Fsp3) is 0.905. The Morgan fingerprint density at radius 1 is 1.17 bits per heavy atom. The molecular weight excluding hydrogens is 370 g/mol. The number of amides is 1. The van der Waals surface area contributed by atoms with Crippen LogP contribution < -0.4 is 10.6 Å². The molecule has 2 heterocycles. The normalized spacial score (nSPS) is 25.0. The molecule has 8 heteroatoms. The first-order chi connectivity index (χ1) is 13.7. The van der Waals surface area contributed by atoms with E-state index in [0.29, 0.717) is 32.3 Å². The van der Waals surface area contributed by atoms with E-state index < -0.39 is 0 Å². The Kier molecular flexibility index (Phi) is 9.02. The van der Waals surface area contributed by atoms with Crippen LogP contribution in [-0.2, 0) is 9.47 Å². The number of rotatable bonds is 6. The van der Waals surface area contributed by atoms with Gasteiger partial charge in [0, 0.05) is 44.3 Å². The highest BCUT2D eigenvalue weighted by Crippen LogP contribution is 2.21. The molecule has 2 unspecified atom stereocenters. The van der Waals surface area contributed by atoms with Crippen molar-refractivity contribution in [3.8, 4) is 0 Å². The van der Waals surface area contributed by atoms with E-state index in [4.69, 9.17) is 14.5 Å². The fourth-order valence-electron chi connectivity index (χ4n) is 3.98. The largest absolute Gasteiger partial charge is 0.450 e. The van der Waals surface area contributed by atoms with Crippen molar-refractivity contribution in [2.45, 2.75) is 78.2 Å². The number of nitrogens with zero attached hydrogens (tertiary/aromatic N) is 3. The minimum atomic E-state index is -0.206. The Balaban J connectivity index is 1.90. The number of ether oxygens (including phenoxy) is 2. The number of carbonyl (C=O) groups is 1. The van der Waals surface area contributed by atoms with E-state index in [1.165, 1.54) is 0 Å². The minimum absolute atomic E-state index is 0.0398. The zero-order valence-electron chi connectivity index (χ0n) is 19.2. The molecule has 1 amide bonds. The molecular formula is C21H41N5O3. The van der Waals surface area contributed by atoms with E-state index in [9.17, 15) is 4.79 Å². The molecule has 2 aliphatic heterocycles. The summed E-state index contributed by atoms with van der Waals surface area (Å²) in [5.41, 5.74) is -0.0398. The average Bonchev–Trinajstić information content (AvgIpc) is 2.66. The predicted octanol–water partition coefficient (Wildman–Crippen LogP) is 2.05. The first-order valence-electron chi connectivity index (χ1n) is 11.1. The molecule has 0 bridgehead atoms. The molecule has 0 aromatic heterocycles. The van der Waals surface area contributed by atoms with Crippen LogP contribution in [0, 0.1) is 0 Å². The summed E-state index contributed by atoms with van der Waals surface area (Å²) < 4.78 is 11.0. The lowest BCUT2D eigenvalue weighted by atomic mass is 10.0. The topological polar surface area (TPSA) is 78.4 Å². The van der Waals surface area contributed by atoms with Crippen molar-refractivity contribution in [1.29, 1.82) is 0 Å². The van der Waals surface area contributed by atoms with Crippen molar-refractivity contribution in [2.75, 3.05) is 45.9 Å². The Morgan fingerprint density at radius 3 is 2.34 bits per heavy atom. The standard InChI is InChI=1S/C21H41N5O3/c1-7-22-19(24-18-9-11-25(12-10-18)20(27)28-8-2)23-15-21(5,6)26-13-16(3)29-17(4)14-26/h16-18H,7-15H2,1-6H3,(H2,22,23,24). The lowest BCUT2D eigenvalue weighted by molar-refractivity contribution is -0.0939. The van der Waals surface area contributed by atoms with Crippen LogP contribution in [-0.4, -0.2) is 91.5 Å². The van der Waals surface area contributed by atoms with Gasteiger partial charge in [0.1, 0.15) is 0 Å². The number of hydrogen-bond donors (Lipinski definition) is 2. The average molecular weight is 412 g/mol. The third kappa shape index (κ3) is 7.33. The van der Waals surface area contributed by atoms with Gasteiger partial charge in [0.2, 0.25) is 0 Å². The Bertz CT molecular complexity index is 536. The highest BCUT2D eigenvalue weighted by molar-refractivity contribution is 5.80. The number of piperidine rings is 1. The first-order valence-corrected chi connectivity index (χ1v) is 11.1. The second-order valence-electron chi connectivity index (χ2n) is 8.77. The van der Waals surface area contributed by atoms with Gasteiger partial charge in [0.05, 0.1) is 25.4 Å². The van der Waals surface area contributed by atoms with Crippen molar-refractivity contribution >= 4 is 12.1 Å². The number of nitrogens with one attached hydrogen (secondary N) is 2. The van der Waals surface area contributed by atoms with E-state index in [0.717, 1.165) is 38.4 Å². The highest BCUT2D eigenvalue weighted by atomic mass is 16.6. The van der Waals surface area contributed by atoms with Crippen LogP contribution >= 0.6 is 0 Å². The molecule has 2 rings (SSSR count). The number of hydrogen-bond acceptors (Lipinski definition) is 5. The molecule has 2 atom stereocenters. The lowest BCUT2D eigenvalue weighted by Gasteiger charge is -2.44. The molecule has 0 aromatic carbocycles. The zero-order chi connectivity index (χ0) is 21.4. The van der Waals surface area contributed by atoms with Crippen LogP contribution in [0.1, 0.15) is 54.4 Å². The van der Waals surface area contributed by atoms with Crippen LogP contribution in [0.2, 0.25) is 0 Å². The fourth-order valence-corrected chi connectivity index (χ4v) is 3.98. The second kappa shape index (κ2) is 11.0. The van der Waals surface area contributed by atoms with Gasteiger partial charge in [0.25, 0.3) is 0 Å². The quantitative estimate of drug-likeness (QED) is 0.515. The number of carbonyl (C=O) groups excluding carboxylic acids is 1. The third-order valence-corrected chi connectivity index (χ3v) is 5.61. The smallest absolute Gasteiger partial charge is 0.409 e. The molecule has 0 aromatic rings. The first kappa shape index (κ1) is 23.7. The molecule has 2 aliphatic rings. The summed E-state index contributed by atoms with van der Waals surface area (Å²) in [4.78, 5) is 21.0. The Hall–Kier alpha value is -1.54. The summed E-state index contributed by atoms with van der Waals surface area (Å²) >= 11 is 0. The molecule has 2 fully saturated rings. The summed E-state index contributed by atoms with van der Waals surface area (Å²) in [5.74, 6) is 0.851. The van der Waals surface area contributed by atoms with Gasteiger partial charge >= 0.3 is 6.09 Å². The van der Waals surface area contributed by atoms with Gasteiger partial charge in [-0.15, -0.1) is 0 Å². The third-order valence-electron chi connectivity index (χ3n) is 5.61. The van der Waals surface area contributed by atoms with Crippen LogP contribution in [0.25, 0.3) is 0 Å². The van der Waals surface area contributed by atoms with Gasteiger partial charge in [-0.1, -0.05) is 0 Å². The maximum absolute atomic E-state index is 11.9. The molecule has 168 valence electrons. The van der Waals surface area contributed by atoms with Crippen molar-refractivity contribution in [3.05, 3.63) is 0 Å². The van der Waals surface area contributed by atoms with Gasteiger partial charge in [-0.2, -0.15) is 0 Å². The zero-order valence-corrected chi connectivity index (χ0v) is 19.2. The van der Waals surface area contributed by atoms with Crippen molar-refractivity contribution in [3.63, 3.8) is 0 Å². The summed E-state index contributed by atoms with van der Waals surface area (Å²) in [7, 11) is 0. The van der Waals surface area contributed by atoms with Gasteiger partial charge in [-0.25, -0.2) is 4.79 Å². The summed E-state index contributed by atoms with van der Waals surface area (Å²) in [6, 6.07) is 0.310. The number of guanidine groups is 1. The van der Waals surface area contributed by atoms with Crippen LogP contribution in [0.15, 0.2) is 4.99 Å². The maximum Gasteiger partial charge on any atom is 0.409 e. The molecule has 0 saturated carbocycles. The summed E-state index contributed by atoms with van der Waals surface area (Å²) in [5, 5.41) is 6.93. The SMILES string of the molecule is CCNC(=NCC(C)(C)N1CC(C)OC(C)C1)NC1CCN(C(=O)OCC)CC1. The number of likely N-dealkylation sites (tertiary alicyclic amines) is 1. The van der Waals surface area contributed by atoms with E-state index in [2.05, 4.69) is 50.2 Å². The monoisotopic (exact) mass is 411 g/mol. The molecule has 0 radical (unpaired) electrons. The van der Waals surface area contributed by atoms with Crippen LogP contribution in [0.4, 0.5) is 4.79 Å². The van der Waals surface area contributed by atoms with E-state index >= 15 is 0 Å². The number of aliphatic imine (C=N–C) groups is 1. The van der Waals surface area contributed by atoms with E-state index in [-0.39, 0.29) is 23.8 Å². The van der Waals surface area contributed by atoms with Gasteiger partial charge in [-0.3, -0.25) is 9.89 Å². The van der Waals surface area contributed by atoms with Gasteiger partial charge in [0.15, 0.2) is 5.96 Å². The molecule has 2 N–H and O–H groups in total. The molecule has 29 heavy (non-hydrogen) atoms. The van der Waals surface area contributed by atoms with Crippen molar-refractivity contribution in [2.24, 2.45) is 4.99 Å². The minimum Gasteiger partial charge on any atom is -0.450 e. The van der Waals surface area contributed by atoms with E-state index in [1.54, 1.807) is 4.90 Å². The number of morpholine rings is 1. The second-order valence-corrected chi connectivity index (χ2v) is 8.77. The molecule has 8 nitrogen and oxygen atoms in total. The molecule has 2 saturated heterocycles. The lowest BCUT2D eigenvalue weighted by Crippen LogP contribution is -2.56. The van der Waals surface area contributed by atoms with Crippen molar-refractivity contribution in [1.82, 2.24) is 20.4 Å².